The molecule has 0 amide bonds. The fourth-order valence-corrected chi connectivity index (χ4v) is 1.16. The van der Waals surface area contributed by atoms with Gasteiger partial charge in [-0.15, -0.1) is 24.8 Å². The zero-order valence-electron chi connectivity index (χ0n) is 6.49. The maximum absolute atomic E-state index is 3.28. The SMILES string of the molecule is C1=Cc2ccccc2NC1.Cl.Cl. The van der Waals surface area contributed by atoms with E-state index in [1.165, 1.54) is 11.3 Å². The monoisotopic (exact) mass is 203 g/mol. The van der Waals surface area contributed by atoms with Crippen molar-refractivity contribution in [1.29, 1.82) is 0 Å². The zero-order chi connectivity index (χ0) is 6.81. The predicted molar refractivity (Wildman–Crippen MR) is 58.5 cm³/mol. The van der Waals surface area contributed by atoms with E-state index in [0.29, 0.717) is 0 Å². The second-order valence-corrected chi connectivity index (χ2v) is 2.37. The van der Waals surface area contributed by atoms with Crippen molar-refractivity contribution >= 4 is 36.6 Å². The lowest BCUT2D eigenvalue weighted by molar-refractivity contribution is 1.31. The van der Waals surface area contributed by atoms with Gasteiger partial charge >= 0.3 is 0 Å². The number of benzene rings is 1. The van der Waals surface area contributed by atoms with Crippen LogP contribution >= 0.6 is 24.8 Å². The van der Waals surface area contributed by atoms with E-state index in [9.17, 15) is 0 Å². The van der Waals surface area contributed by atoms with Crippen molar-refractivity contribution < 1.29 is 0 Å². The smallest absolute Gasteiger partial charge is 0.0416 e. The maximum atomic E-state index is 3.28. The van der Waals surface area contributed by atoms with Crippen molar-refractivity contribution in [1.82, 2.24) is 0 Å². The van der Waals surface area contributed by atoms with Crippen LogP contribution in [-0.2, 0) is 0 Å². The number of hydrogen-bond donors (Lipinski definition) is 1. The van der Waals surface area contributed by atoms with Crippen molar-refractivity contribution in [2.45, 2.75) is 0 Å². The molecule has 0 bridgehead atoms. The highest BCUT2D eigenvalue weighted by Crippen LogP contribution is 2.18. The van der Waals surface area contributed by atoms with Crippen molar-refractivity contribution in [2.24, 2.45) is 0 Å². The summed E-state index contributed by atoms with van der Waals surface area (Å²) < 4.78 is 0. The van der Waals surface area contributed by atoms with Crippen molar-refractivity contribution in [3.63, 3.8) is 0 Å². The van der Waals surface area contributed by atoms with Crippen LogP contribution < -0.4 is 5.32 Å². The highest BCUT2D eigenvalue weighted by molar-refractivity contribution is 5.85. The van der Waals surface area contributed by atoms with E-state index in [4.69, 9.17) is 0 Å². The van der Waals surface area contributed by atoms with Crippen LogP contribution in [0.2, 0.25) is 0 Å². The molecule has 12 heavy (non-hydrogen) atoms. The van der Waals surface area contributed by atoms with Gasteiger partial charge in [0.1, 0.15) is 0 Å². The summed E-state index contributed by atoms with van der Waals surface area (Å²) in [6, 6.07) is 8.30. The molecular weight excluding hydrogens is 193 g/mol. The van der Waals surface area contributed by atoms with Crippen LogP contribution in [0.4, 0.5) is 5.69 Å². The fraction of sp³-hybridized carbons (Fsp3) is 0.111. The Bertz CT molecular complexity index is 271. The summed E-state index contributed by atoms with van der Waals surface area (Å²) in [5, 5.41) is 3.28. The lowest BCUT2D eigenvalue weighted by Gasteiger charge is -2.11. The van der Waals surface area contributed by atoms with E-state index >= 15 is 0 Å². The third-order valence-corrected chi connectivity index (χ3v) is 1.67. The van der Waals surface area contributed by atoms with Gasteiger partial charge in [-0.05, 0) is 11.6 Å². The second-order valence-electron chi connectivity index (χ2n) is 2.37. The summed E-state index contributed by atoms with van der Waals surface area (Å²) in [6.45, 7) is 0.955. The Morgan fingerprint density at radius 1 is 1.08 bits per heavy atom. The van der Waals surface area contributed by atoms with E-state index in [-0.39, 0.29) is 24.8 Å². The topological polar surface area (TPSA) is 12.0 Å². The summed E-state index contributed by atoms with van der Waals surface area (Å²) in [7, 11) is 0. The minimum absolute atomic E-state index is 0. The number of para-hydroxylation sites is 1. The number of halogens is 2. The van der Waals surface area contributed by atoms with Crippen LogP contribution in [-0.4, -0.2) is 6.54 Å². The van der Waals surface area contributed by atoms with Crippen LogP contribution in [0.5, 0.6) is 0 Å². The quantitative estimate of drug-likeness (QED) is 0.684. The second kappa shape index (κ2) is 5.07. The van der Waals surface area contributed by atoms with Gasteiger partial charge < -0.3 is 5.32 Å². The lowest BCUT2D eigenvalue weighted by Crippen LogP contribution is -2.03. The first kappa shape index (κ1) is 11.3. The first-order valence-electron chi connectivity index (χ1n) is 3.46. The fourth-order valence-electron chi connectivity index (χ4n) is 1.16. The molecule has 0 saturated carbocycles. The van der Waals surface area contributed by atoms with Gasteiger partial charge in [0.15, 0.2) is 0 Å². The molecule has 0 fully saturated rings. The first-order chi connectivity index (χ1) is 4.97. The molecule has 1 heterocycles. The molecule has 1 aliphatic heterocycles. The van der Waals surface area contributed by atoms with Crippen LogP contribution in [0.1, 0.15) is 5.56 Å². The Morgan fingerprint density at radius 2 is 1.83 bits per heavy atom. The molecule has 1 nitrogen and oxygen atoms in total. The Balaban J connectivity index is 0.000000605. The average Bonchev–Trinajstić information content (AvgIpc) is 2.05. The van der Waals surface area contributed by atoms with Gasteiger partial charge in [0.2, 0.25) is 0 Å². The van der Waals surface area contributed by atoms with Gasteiger partial charge in [0.05, 0.1) is 0 Å². The third-order valence-electron chi connectivity index (χ3n) is 1.67. The first-order valence-corrected chi connectivity index (χ1v) is 3.46. The zero-order valence-corrected chi connectivity index (χ0v) is 8.12. The van der Waals surface area contributed by atoms with Gasteiger partial charge in [-0.1, -0.05) is 30.4 Å². The molecule has 1 aliphatic rings. The van der Waals surface area contributed by atoms with Gasteiger partial charge in [0.25, 0.3) is 0 Å². The van der Waals surface area contributed by atoms with E-state index in [1.54, 1.807) is 0 Å². The van der Waals surface area contributed by atoms with Crippen LogP contribution in [0, 0.1) is 0 Å². The molecule has 1 N–H and O–H groups in total. The lowest BCUT2D eigenvalue weighted by atomic mass is 10.1. The Labute approximate surface area is 84.7 Å². The standard InChI is InChI=1S/C9H9N.2ClH/c1-2-6-9-8(4-1)5-3-7-10-9;;/h1-6,10H,7H2;2*1H. The molecule has 0 spiro atoms. The minimum Gasteiger partial charge on any atom is -0.381 e. The molecule has 2 rings (SSSR count). The van der Waals surface area contributed by atoms with E-state index in [1.807, 2.05) is 6.07 Å². The molecule has 1 aromatic carbocycles. The minimum atomic E-state index is 0. The molecule has 0 saturated heterocycles. The number of anilines is 1. The van der Waals surface area contributed by atoms with Crippen LogP contribution in [0.25, 0.3) is 6.08 Å². The molecule has 0 atom stereocenters. The van der Waals surface area contributed by atoms with E-state index < -0.39 is 0 Å². The van der Waals surface area contributed by atoms with Gasteiger partial charge in [-0.2, -0.15) is 0 Å². The van der Waals surface area contributed by atoms with Gasteiger partial charge in [-0.3, -0.25) is 0 Å². The van der Waals surface area contributed by atoms with Crippen molar-refractivity contribution in [2.75, 3.05) is 11.9 Å². The van der Waals surface area contributed by atoms with Crippen molar-refractivity contribution in [3.8, 4) is 0 Å². The van der Waals surface area contributed by atoms with Gasteiger partial charge in [-0.25, -0.2) is 0 Å². The molecule has 0 aliphatic carbocycles. The summed E-state index contributed by atoms with van der Waals surface area (Å²) in [6.07, 6.45) is 4.27. The van der Waals surface area contributed by atoms with Crippen LogP contribution in [0.15, 0.2) is 30.3 Å². The third kappa shape index (κ3) is 2.16. The summed E-state index contributed by atoms with van der Waals surface area (Å²) in [5.41, 5.74) is 2.53. The van der Waals surface area contributed by atoms with Crippen LogP contribution in [0.3, 0.4) is 0 Å². The Kier molecular flexibility index (Phi) is 4.79. The highest BCUT2D eigenvalue weighted by Gasteiger charge is 1.98. The van der Waals surface area contributed by atoms with Gasteiger partial charge in [0, 0.05) is 12.2 Å². The largest absolute Gasteiger partial charge is 0.381 e. The highest BCUT2D eigenvalue weighted by atomic mass is 35.5. The number of nitrogens with one attached hydrogen (secondary N) is 1. The summed E-state index contributed by atoms with van der Waals surface area (Å²) in [5.74, 6) is 0. The van der Waals surface area contributed by atoms with Crippen molar-refractivity contribution in [3.05, 3.63) is 35.9 Å². The van der Waals surface area contributed by atoms with E-state index in [0.717, 1.165) is 6.54 Å². The summed E-state index contributed by atoms with van der Waals surface area (Å²) in [4.78, 5) is 0. The molecule has 3 heteroatoms. The maximum Gasteiger partial charge on any atom is 0.0416 e. The number of hydrogen-bond acceptors (Lipinski definition) is 1. The summed E-state index contributed by atoms with van der Waals surface area (Å²) >= 11 is 0. The number of fused-ring (bicyclic) bond motifs is 1. The average molecular weight is 204 g/mol. The molecule has 0 aromatic heterocycles. The number of rotatable bonds is 0. The normalized spacial score (nSPS) is 11.7. The Morgan fingerprint density at radius 3 is 2.58 bits per heavy atom. The molecule has 0 radical (unpaired) electrons. The molecule has 1 aromatic rings. The molecular formula is C9H11Cl2N. The molecule has 0 unspecified atom stereocenters. The molecule has 66 valence electrons. The Hall–Kier alpha value is -0.660. The predicted octanol–water partition coefficient (Wildman–Crippen LogP) is 2.97. The van der Waals surface area contributed by atoms with E-state index in [2.05, 4.69) is 35.7 Å².